The van der Waals surface area contributed by atoms with Crippen LogP contribution in [-0.2, 0) is 4.79 Å². The molecule has 0 saturated carbocycles. The minimum Gasteiger partial charge on any atom is -0.351 e. The van der Waals surface area contributed by atoms with Crippen LogP contribution in [0.15, 0.2) is 24.3 Å². The Morgan fingerprint density at radius 3 is 2.60 bits per heavy atom. The number of rotatable bonds is 1. The van der Waals surface area contributed by atoms with Gasteiger partial charge in [-0.15, -0.1) is 0 Å². The first-order valence-corrected chi connectivity index (χ1v) is 4.96. The Morgan fingerprint density at radius 2 is 2.00 bits per heavy atom. The normalized spacial score (nSPS) is 26.1. The van der Waals surface area contributed by atoms with Gasteiger partial charge >= 0.3 is 0 Å². The van der Waals surface area contributed by atoms with E-state index in [9.17, 15) is 9.18 Å². The SMILES string of the molecule is C[C@@H]1CN[C@@H](c2ccc(F)cc2)C(=O)N1. The molecule has 80 valence electrons. The number of benzene rings is 1. The molecular weight excluding hydrogens is 195 g/mol. The Bertz CT molecular complexity index is 363. The molecule has 0 radical (unpaired) electrons. The summed E-state index contributed by atoms with van der Waals surface area (Å²) in [5, 5.41) is 5.97. The van der Waals surface area contributed by atoms with Gasteiger partial charge < -0.3 is 10.6 Å². The summed E-state index contributed by atoms with van der Waals surface area (Å²) in [5.74, 6) is -0.344. The molecule has 2 N–H and O–H groups in total. The van der Waals surface area contributed by atoms with Crippen LogP contribution in [0.1, 0.15) is 18.5 Å². The molecule has 3 nitrogen and oxygen atoms in total. The molecule has 0 spiro atoms. The molecule has 0 unspecified atom stereocenters. The molecule has 1 aliphatic rings. The molecule has 1 heterocycles. The van der Waals surface area contributed by atoms with Crippen molar-refractivity contribution in [3.05, 3.63) is 35.6 Å². The van der Waals surface area contributed by atoms with E-state index < -0.39 is 0 Å². The minimum atomic E-state index is -0.359. The Labute approximate surface area is 87.7 Å². The molecule has 1 amide bonds. The van der Waals surface area contributed by atoms with Crippen molar-refractivity contribution < 1.29 is 9.18 Å². The van der Waals surface area contributed by atoms with Crippen molar-refractivity contribution in [1.29, 1.82) is 0 Å². The number of hydrogen-bond acceptors (Lipinski definition) is 2. The van der Waals surface area contributed by atoms with Crippen LogP contribution in [0.25, 0.3) is 0 Å². The molecular formula is C11H13FN2O. The van der Waals surface area contributed by atoms with Gasteiger partial charge in [0.05, 0.1) is 0 Å². The van der Waals surface area contributed by atoms with Crippen molar-refractivity contribution in [1.82, 2.24) is 10.6 Å². The van der Waals surface area contributed by atoms with Crippen molar-refractivity contribution in [2.24, 2.45) is 0 Å². The first kappa shape index (κ1) is 10.1. The molecule has 0 aromatic heterocycles. The molecule has 2 atom stereocenters. The van der Waals surface area contributed by atoms with Crippen molar-refractivity contribution >= 4 is 5.91 Å². The Balaban J connectivity index is 2.17. The van der Waals surface area contributed by atoms with Gasteiger partial charge in [0.1, 0.15) is 11.9 Å². The quantitative estimate of drug-likeness (QED) is 0.722. The number of piperazine rings is 1. The summed E-state index contributed by atoms with van der Waals surface area (Å²) in [5.41, 5.74) is 0.792. The van der Waals surface area contributed by atoms with E-state index in [1.807, 2.05) is 6.92 Å². The molecule has 1 aromatic carbocycles. The summed E-state index contributed by atoms with van der Waals surface area (Å²) in [4.78, 5) is 11.6. The lowest BCUT2D eigenvalue weighted by molar-refractivity contribution is -0.125. The van der Waals surface area contributed by atoms with Crippen LogP contribution in [0.4, 0.5) is 4.39 Å². The number of hydrogen-bond donors (Lipinski definition) is 2. The molecule has 1 saturated heterocycles. The average molecular weight is 208 g/mol. The van der Waals surface area contributed by atoms with E-state index in [4.69, 9.17) is 0 Å². The lowest BCUT2D eigenvalue weighted by Crippen LogP contribution is -2.52. The zero-order valence-electron chi connectivity index (χ0n) is 8.46. The second-order valence-corrected chi connectivity index (χ2v) is 3.80. The van der Waals surface area contributed by atoms with E-state index in [0.29, 0.717) is 0 Å². The van der Waals surface area contributed by atoms with Gasteiger partial charge in [-0.1, -0.05) is 12.1 Å². The topological polar surface area (TPSA) is 41.1 Å². The van der Waals surface area contributed by atoms with Gasteiger partial charge in [-0.25, -0.2) is 4.39 Å². The number of amides is 1. The summed E-state index contributed by atoms with van der Waals surface area (Å²) in [6.45, 7) is 2.67. The van der Waals surface area contributed by atoms with Crippen LogP contribution < -0.4 is 10.6 Å². The van der Waals surface area contributed by atoms with E-state index in [1.165, 1.54) is 12.1 Å². The zero-order valence-corrected chi connectivity index (χ0v) is 8.46. The van der Waals surface area contributed by atoms with Crippen molar-refractivity contribution in [2.45, 2.75) is 19.0 Å². The summed E-state index contributed by atoms with van der Waals surface area (Å²) < 4.78 is 12.7. The van der Waals surface area contributed by atoms with Gasteiger partial charge in [0.15, 0.2) is 0 Å². The second-order valence-electron chi connectivity index (χ2n) is 3.80. The fourth-order valence-electron chi connectivity index (χ4n) is 1.69. The zero-order chi connectivity index (χ0) is 10.8. The van der Waals surface area contributed by atoms with Crippen LogP contribution in [0.3, 0.4) is 0 Å². The van der Waals surface area contributed by atoms with E-state index in [0.717, 1.165) is 12.1 Å². The predicted octanol–water partition coefficient (Wildman–Crippen LogP) is 0.975. The smallest absolute Gasteiger partial charge is 0.241 e. The van der Waals surface area contributed by atoms with Crippen LogP contribution in [0, 0.1) is 5.82 Å². The monoisotopic (exact) mass is 208 g/mol. The van der Waals surface area contributed by atoms with Crippen LogP contribution >= 0.6 is 0 Å². The standard InChI is InChI=1S/C11H13FN2O/c1-7-6-13-10(11(15)14-7)8-2-4-9(12)5-3-8/h2-5,7,10,13H,6H2,1H3,(H,14,15)/t7-,10+/m1/s1. The molecule has 1 aromatic rings. The van der Waals surface area contributed by atoms with Gasteiger partial charge in [0.25, 0.3) is 0 Å². The van der Waals surface area contributed by atoms with E-state index in [2.05, 4.69) is 10.6 Å². The molecule has 0 bridgehead atoms. The maximum Gasteiger partial charge on any atom is 0.241 e. The predicted molar refractivity (Wildman–Crippen MR) is 54.7 cm³/mol. The fourth-order valence-corrected chi connectivity index (χ4v) is 1.69. The van der Waals surface area contributed by atoms with Crippen LogP contribution in [0.5, 0.6) is 0 Å². The summed E-state index contributed by atoms with van der Waals surface area (Å²) in [7, 11) is 0. The lowest BCUT2D eigenvalue weighted by Gasteiger charge is -2.28. The van der Waals surface area contributed by atoms with Crippen LogP contribution in [-0.4, -0.2) is 18.5 Å². The minimum absolute atomic E-state index is 0.0552. The molecule has 0 aliphatic carbocycles. The number of carbonyl (C=O) groups excluding carboxylic acids is 1. The largest absolute Gasteiger partial charge is 0.351 e. The lowest BCUT2D eigenvalue weighted by atomic mass is 10.0. The van der Waals surface area contributed by atoms with Gasteiger partial charge in [0, 0.05) is 12.6 Å². The third-order valence-electron chi connectivity index (χ3n) is 2.48. The van der Waals surface area contributed by atoms with Crippen molar-refractivity contribution in [3.63, 3.8) is 0 Å². The molecule has 4 heteroatoms. The number of halogens is 1. The molecule has 15 heavy (non-hydrogen) atoms. The highest BCUT2D eigenvalue weighted by molar-refractivity contribution is 5.84. The molecule has 1 fully saturated rings. The Hall–Kier alpha value is -1.42. The maximum atomic E-state index is 12.7. The highest BCUT2D eigenvalue weighted by atomic mass is 19.1. The van der Waals surface area contributed by atoms with E-state index >= 15 is 0 Å². The highest BCUT2D eigenvalue weighted by Gasteiger charge is 2.26. The molecule has 2 rings (SSSR count). The molecule has 1 aliphatic heterocycles. The maximum absolute atomic E-state index is 12.7. The first-order chi connectivity index (χ1) is 7.16. The number of nitrogens with one attached hydrogen (secondary N) is 2. The Morgan fingerprint density at radius 1 is 1.33 bits per heavy atom. The fraction of sp³-hybridized carbons (Fsp3) is 0.364. The van der Waals surface area contributed by atoms with Crippen molar-refractivity contribution in [3.8, 4) is 0 Å². The highest BCUT2D eigenvalue weighted by Crippen LogP contribution is 2.16. The van der Waals surface area contributed by atoms with E-state index in [-0.39, 0.29) is 23.8 Å². The average Bonchev–Trinajstić information content (AvgIpc) is 2.20. The van der Waals surface area contributed by atoms with Gasteiger partial charge in [0.2, 0.25) is 5.91 Å². The van der Waals surface area contributed by atoms with Gasteiger partial charge in [-0.05, 0) is 24.6 Å². The van der Waals surface area contributed by atoms with E-state index in [1.54, 1.807) is 12.1 Å². The van der Waals surface area contributed by atoms with Crippen molar-refractivity contribution in [2.75, 3.05) is 6.54 Å². The third-order valence-corrected chi connectivity index (χ3v) is 2.48. The van der Waals surface area contributed by atoms with Gasteiger partial charge in [-0.3, -0.25) is 4.79 Å². The first-order valence-electron chi connectivity index (χ1n) is 4.96. The summed E-state index contributed by atoms with van der Waals surface area (Å²) in [6, 6.07) is 5.77. The third kappa shape index (κ3) is 2.15. The summed E-state index contributed by atoms with van der Waals surface area (Å²) >= 11 is 0. The summed E-state index contributed by atoms with van der Waals surface area (Å²) in [6.07, 6.45) is 0. The number of carbonyl (C=O) groups is 1. The Kier molecular flexibility index (Phi) is 2.68. The van der Waals surface area contributed by atoms with Gasteiger partial charge in [-0.2, -0.15) is 0 Å². The second kappa shape index (κ2) is 3.98. The van der Waals surface area contributed by atoms with Crippen LogP contribution in [0.2, 0.25) is 0 Å².